The van der Waals surface area contributed by atoms with Gasteiger partial charge >= 0.3 is 5.97 Å². The molecule has 0 aliphatic heterocycles. The second-order valence-corrected chi connectivity index (χ2v) is 4.76. The molecule has 0 unspecified atom stereocenters. The Morgan fingerprint density at radius 3 is 1.95 bits per heavy atom. The normalized spacial score (nSPS) is 9.95. The summed E-state index contributed by atoms with van der Waals surface area (Å²) in [5.41, 5.74) is 2.13. The summed E-state index contributed by atoms with van der Waals surface area (Å²) in [5.74, 6) is -1.18. The lowest BCUT2D eigenvalue weighted by Crippen LogP contribution is -2.19. The van der Waals surface area contributed by atoms with Gasteiger partial charge in [0, 0.05) is 11.4 Å². The van der Waals surface area contributed by atoms with Gasteiger partial charge in [0.2, 0.25) is 0 Å². The Morgan fingerprint density at radius 2 is 1.48 bits per heavy atom. The van der Waals surface area contributed by atoms with Gasteiger partial charge in [-0.25, -0.2) is 4.39 Å². The first kappa shape index (κ1) is 14.9. The summed E-state index contributed by atoms with van der Waals surface area (Å²) in [6.07, 6.45) is -0.0153. The van der Waals surface area contributed by atoms with Crippen LogP contribution in [0, 0.1) is 5.82 Å². The van der Waals surface area contributed by atoms with Crippen molar-refractivity contribution < 1.29 is 14.3 Å². The summed E-state index contributed by atoms with van der Waals surface area (Å²) in [7, 11) is 0. The van der Waals surface area contributed by atoms with Gasteiger partial charge in [-0.3, -0.25) is 4.79 Å². The molecule has 4 nitrogen and oxygen atoms in total. The van der Waals surface area contributed by atoms with Crippen LogP contribution in [-0.4, -0.2) is 16.2 Å². The number of hydrogen-bond donors (Lipinski definition) is 3. The number of aliphatic carboxylic acids is 1. The van der Waals surface area contributed by atoms with E-state index in [-0.39, 0.29) is 12.2 Å². The Bertz CT molecular complexity index is 642. The van der Waals surface area contributed by atoms with E-state index < -0.39 is 5.97 Å². The van der Waals surface area contributed by atoms with Crippen LogP contribution in [-0.2, 0) is 11.2 Å². The number of halogens is 1. The van der Waals surface area contributed by atoms with Crippen molar-refractivity contribution in [3.8, 4) is 0 Å². The van der Waals surface area contributed by atoms with E-state index in [1.165, 1.54) is 12.1 Å². The number of anilines is 2. The lowest BCUT2D eigenvalue weighted by Gasteiger charge is -2.10. The van der Waals surface area contributed by atoms with Crippen molar-refractivity contribution in [1.29, 1.82) is 0 Å². The van der Waals surface area contributed by atoms with Gasteiger partial charge in [0.05, 0.1) is 6.42 Å². The molecule has 0 spiro atoms. The van der Waals surface area contributed by atoms with Crippen LogP contribution >= 0.6 is 12.2 Å². The van der Waals surface area contributed by atoms with Crippen molar-refractivity contribution >= 4 is 34.7 Å². The Balaban J connectivity index is 1.93. The smallest absolute Gasteiger partial charge is 0.307 e. The number of carbonyl (C=O) groups is 1. The van der Waals surface area contributed by atoms with E-state index >= 15 is 0 Å². The Labute approximate surface area is 126 Å². The molecular formula is C15H13FN2O2S. The second kappa shape index (κ2) is 6.81. The Hall–Kier alpha value is -2.47. The van der Waals surface area contributed by atoms with Gasteiger partial charge in [0.1, 0.15) is 5.82 Å². The summed E-state index contributed by atoms with van der Waals surface area (Å²) in [4.78, 5) is 10.6. The van der Waals surface area contributed by atoms with Gasteiger partial charge in [-0.05, 0) is 54.2 Å². The topological polar surface area (TPSA) is 61.4 Å². The van der Waals surface area contributed by atoms with E-state index in [0.717, 1.165) is 5.69 Å². The maximum absolute atomic E-state index is 12.8. The maximum Gasteiger partial charge on any atom is 0.307 e. The lowest BCUT2D eigenvalue weighted by molar-refractivity contribution is -0.136. The third-order valence-electron chi connectivity index (χ3n) is 2.67. The number of benzene rings is 2. The third-order valence-corrected chi connectivity index (χ3v) is 2.87. The first-order valence-electron chi connectivity index (χ1n) is 6.17. The van der Waals surface area contributed by atoms with Crippen LogP contribution in [0.4, 0.5) is 15.8 Å². The highest BCUT2D eigenvalue weighted by Gasteiger charge is 2.02. The van der Waals surface area contributed by atoms with Crippen molar-refractivity contribution in [2.75, 3.05) is 10.6 Å². The first-order chi connectivity index (χ1) is 10.0. The molecule has 2 aromatic rings. The Kier molecular flexibility index (Phi) is 4.84. The van der Waals surface area contributed by atoms with Crippen molar-refractivity contribution in [1.82, 2.24) is 0 Å². The molecule has 0 radical (unpaired) electrons. The summed E-state index contributed by atoms with van der Waals surface area (Å²) in [5, 5.41) is 14.9. The van der Waals surface area contributed by atoms with Crippen molar-refractivity contribution in [3.63, 3.8) is 0 Å². The minimum Gasteiger partial charge on any atom is -0.481 e. The minimum absolute atomic E-state index is 0.0153. The van der Waals surface area contributed by atoms with E-state index in [0.29, 0.717) is 16.4 Å². The van der Waals surface area contributed by atoms with Gasteiger partial charge in [-0.15, -0.1) is 0 Å². The fourth-order valence-electron chi connectivity index (χ4n) is 1.71. The summed E-state index contributed by atoms with van der Waals surface area (Å²) in [6, 6.07) is 12.8. The lowest BCUT2D eigenvalue weighted by atomic mass is 10.1. The molecule has 21 heavy (non-hydrogen) atoms. The monoisotopic (exact) mass is 304 g/mol. The molecule has 2 rings (SSSR count). The SMILES string of the molecule is O=C(O)Cc1ccc(NC(=S)Nc2ccc(F)cc2)cc1. The second-order valence-electron chi connectivity index (χ2n) is 4.35. The summed E-state index contributed by atoms with van der Waals surface area (Å²) >= 11 is 5.14. The Morgan fingerprint density at radius 1 is 1.00 bits per heavy atom. The molecule has 0 fully saturated rings. The van der Waals surface area contributed by atoms with Crippen LogP contribution in [0.3, 0.4) is 0 Å². The van der Waals surface area contributed by atoms with Gasteiger partial charge in [0.25, 0.3) is 0 Å². The van der Waals surface area contributed by atoms with E-state index in [9.17, 15) is 9.18 Å². The highest BCUT2D eigenvalue weighted by molar-refractivity contribution is 7.80. The molecule has 0 amide bonds. The quantitative estimate of drug-likeness (QED) is 0.757. The summed E-state index contributed by atoms with van der Waals surface area (Å²) in [6.45, 7) is 0. The molecule has 0 saturated carbocycles. The van der Waals surface area contributed by atoms with Crippen molar-refractivity contribution in [3.05, 3.63) is 59.9 Å². The fraction of sp³-hybridized carbons (Fsp3) is 0.0667. The van der Waals surface area contributed by atoms with Crippen LogP contribution in [0.2, 0.25) is 0 Å². The number of rotatable bonds is 4. The van der Waals surface area contributed by atoms with Crippen molar-refractivity contribution in [2.24, 2.45) is 0 Å². The number of hydrogen-bond acceptors (Lipinski definition) is 2. The molecule has 3 N–H and O–H groups in total. The molecule has 2 aromatic carbocycles. The predicted octanol–water partition coefficient (Wildman–Crippen LogP) is 3.26. The standard InChI is InChI=1S/C15H13FN2O2S/c16-11-3-7-13(8-4-11)18-15(21)17-12-5-1-10(2-6-12)9-14(19)20/h1-8H,9H2,(H,19,20)(H2,17,18,21). The van der Waals surface area contributed by atoms with Gasteiger partial charge in [-0.2, -0.15) is 0 Å². The molecule has 0 aliphatic carbocycles. The van der Waals surface area contributed by atoms with E-state index in [1.54, 1.807) is 36.4 Å². The van der Waals surface area contributed by atoms with Crippen LogP contribution in [0.15, 0.2) is 48.5 Å². The number of carboxylic acid groups (broad SMARTS) is 1. The molecule has 0 bridgehead atoms. The average Bonchev–Trinajstić information content (AvgIpc) is 2.43. The maximum atomic E-state index is 12.8. The van der Waals surface area contributed by atoms with E-state index in [2.05, 4.69) is 10.6 Å². The van der Waals surface area contributed by atoms with Crippen LogP contribution in [0.5, 0.6) is 0 Å². The van der Waals surface area contributed by atoms with Gasteiger partial charge in [0.15, 0.2) is 5.11 Å². The van der Waals surface area contributed by atoms with Crippen LogP contribution in [0.25, 0.3) is 0 Å². The first-order valence-corrected chi connectivity index (χ1v) is 6.58. The highest BCUT2D eigenvalue weighted by Crippen LogP contribution is 2.12. The predicted molar refractivity (Wildman–Crippen MR) is 84.0 cm³/mol. The molecule has 108 valence electrons. The number of nitrogens with one attached hydrogen (secondary N) is 2. The number of carboxylic acids is 1. The van der Waals surface area contributed by atoms with Gasteiger partial charge < -0.3 is 15.7 Å². The number of thiocarbonyl (C=S) groups is 1. The molecule has 6 heteroatoms. The third kappa shape index (κ3) is 4.85. The zero-order valence-corrected chi connectivity index (χ0v) is 11.8. The van der Waals surface area contributed by atoms with E-state index in [4.69, 9.17) is 17.3 Å². The van der Waals surface area contributed by atoms with Gasteiger partial charge in [-0.1, -0.05) is 12.1 Å². The molecule has 0 atom stereocenters. The van der Waals surface area contributed by atoms with Crippen LogP contribution < -0.4 is 10.6 Å². The molecule has 0 saturated heterocycles. The average molecular weight is 304 g/mol. The summed E-state index contributed by atoms with van der Waals surface area (Å²) < 4.78 is 12.8. The largest absolute Gasteiger partial charge is 0.481 e. The van der Waals surface area contributed by atoms with Crippen LogP contribution in [0.1, 0.15) is 5.56 Å². The van der Waals surface area contributed by atoms with E-state index in [1.807, 2.05) is 0 Å². The highest BCUT2D eigenvalue weighted by atomic mass is 32.1. The molecule has 0 aliphatic rings. The zero-order chi connectivity index (χ0) is 15.2. The minimum atomic E-state index is -0.871. The molecular weight excluding hydrogens is 291 g/mol. The molecule has 0 aromatic heterocycles. The molecule has 0 heterocycles. The zero-order valence-electron chi connectivity index (χ0n) is 11.0. The fourth-order valence-corrected chi connectivity index (χ4v) is 1.94. The van der Waals surface area contributed by atoms with Crippen molar-refractivity contribution in [2.45, 2.75) is 6.42 Å².